The first kappa shape index (κ1) is 20.9. The van der Waals surface area contributed by atoms with Crippen molar-refractivity contribution in [3.63, 3.8) is 0 Å². The molecule has 28 heavy (non-hydrogen) atoms. The maximum Gasteiger partial charge on any atom is 0.258 e. The highest BCUT2D eigenvalue weighted by Gasteiger charge is 2.26. The van der Waals surface area contributed by atoms with Crippen molar-refractivity contribution in [3.05, 3.63) is 58.1 Å². The van der Waals surface area contributed by atoms with Gasteiger partial charge in [0.1, 0.15) is 5.75 Å². The summed E-state index contributed by atoms with van der Waals surface area (Å²) >= 11 is 11.8. The van der Waals surface area contributed by atoms with Gasteiger partial charge in [0.2, 0.25) is 10.0 Å². The molecule has 1 N–H and O–H groups in total. The zero-order chi connectivity index (χ0) is 20.1. The van der Waals surface area contributed by atoms with Gasteiger partial charge in [-0.25, -0.2) is 8.42 Å². The third-order valence-electron chi connectivity index (χ3n) is 4.37. The Hall–Kier alpha value is -1.80. The molecule has 0 aliphatic carbocycles. The molecular formula is C19H20Cl2N2O4S. The van der Waals surface area contributed by atoms with Gasteiger partial charge in [-0.3, -0.25) is 4.79 Å². The molecular weight excluding hydrogens is 423 g/mol. The Morgan fingerprint density at radius 2 is 1.75 bits per heavy atom. The molecule has 6 nitrogen and oxygen atoms in total. The Labute approximate surface area is 174 Å². The number of sulfonamides is 1. The van der Waals surface area contributed by atoms with E-state index in [1.165, 1.54) is 10.4 Å². The summed E-state index contributed by atoms with van der Waals surface area (Å²) in [7, 11) is -3.43. The Kier molecular flexibility index (Phi) is 6.82. The van der Waals surface area contributed by atoms with Gasteiger partial charge in [0.15, 0.2) is 6.61 Å². The van der Waals surface area contributed by atoms with Crippen molar-refractivity contribution < 1.29 is 17.9 Å². The van der Waals surface area contributed by atoms with Crippen LogP contribution in [0.25, 0.3) is 0 Å². The van der Waals surface area contributed by atoms with E-state index in [1.54, 1.807) is 36.4 Å². The zero-order valence-electron chi connectivity index (χ0n) is 15.0. The van der Waals surface area contributed by atoms with E-state index in [9.17, 15) is 13.2 Å². The van der Waals surface area contributed by atoms with Crippen LogP contribution in [0.4, 0.5) is 0 Å². The number of hydrogen-bond acceptors (Lipinski definition) is 4. The molecule has 0 radical (unpaired) electrons. The number of rotatable bonds is 7. The molecule has 1 aliphatic heterocycles. The fourth-order valence-electron chi connectivity index (χ4n) is 2.84. The van der Waals surface area contributed by atoms with Crippen LogP contribution in [0, 0.1) is 0 Å². The van der Waals surface area contributed by atoms with Gasteiger partial charge in [0.25, 0.3) is 5.91 Å². The van der Waals surface area contributed by atoms with Gasteiger partial charge in [-0.05, 0) is 48.7 Å². The Balaban J connectivity index is 1.51. The predicted octanol–water partition coefficient (Wildman–Crippen LogP) is 3.47. The molecule has 0 spiro atoms. The van der Waals surface area contributed by atoms with Crippen molar-refractivity contribution in [1.82, 2.24) is 9.62 Å². The molecule has 3 rings (SSSR count). The van der Waals surface area contributed by atoms with Crippen LogP contribution in [-0.4, -0.2) is 38.3 Å². The number of carbonyl (C=O) groups excluding carboxylic acids is 1. The van der Waals surface area contributed by atoms with Gasteiger partial charge in [-0.15, -0.1) is 0 Å². The zero-order valence-corrected chi connectivity index (χ0v) is 17.4. The van der Waals surface area contributed by atoms with Crippen LogP contribution in [0.3, 0.4) is 0 Å². The van der Waals surface area contributed by atoms with Crippen molar-refractivity contribution in [1.29, 1.82) is 0 Å². The second-order valence-corrected chi connectivity index (χ2v) is 9.18. The summed E-state index contributed by atoms with van der Waals surface area (Å²) < 4.78 is 31.9. The van der Waals surface area contributed by atoms with E-state index in [1.807, 2.05) is 0 Å². The number of benzene rings is 2. The monoisotopic (exact) mass is 442 g/mol. The molecule has 150 valence electrons. The first-order chi connectivity index (χ1) is 13.4. The molecule has 1 saturated heterocycles. The number of ether oxygens (including phenoxy) is 1. The smallest absolute Gasteiger partial charge is 0.258 e. The SMILES string of the molecule is O=C(COc1ccc(Cl)cc1Cl)NCc1ccc(S(=O)(=O)N2CCCC2)cc1. The van der Waals surface area contributed by atoms with Crippen LogP contribution in [0.1, 0.15) is 18.4 Å². The van der Waals surface area contributed by atoms with Gasteiger partial charge in [0, 0.05) is 24.7 Å². The molecule has 0 aromatic heterocycles. The first-order valence-corrected chi connectivity index (χ1v) is 11.0. The van der Waals surface area contributed by atoms with Gasteiger partial charge < -0.3 is 10.1 Å². The van der Waals surface area contributed by atoms with Gasteiger partial charge in [-0.2, -0.15) is 4.31 Å². The minimum absolute atomic E-state index is 0.192. The number of amides is 1. The second kappa shape index (κ2) is 9.13. The number of halogens is 2. The lowest BCUT2D eigenvalue weighted by molar-refractivity contribution is -0.123. The van der Waals surface area contributed by atoms with Crippen molar-refractivity contribution >= 4 is 39.1 Å². The molecule has 2 aromatic carbocycles. The Morgan fingerprint density at radius 1 is 1.07 bits per heavy atom. The number of hydrogen-bond donors (Lipinski definition) is 1. The lowest BCUT2D eigenvalue weighted by Gasteiger charge is -2.15. The summed E-state index contributed by atoms with van der Waals surface area (Å²) in [5.74, 6) is 0.0532. The van der Waals surface area contributed by atoms with Crippen molar-refractivity contribution in [2.45, 2.75) is 24.3 Å². The fourth-order valence-corrected chi connectivity index (χ4v) is 4.82. The normalized spacial score (nSPS) is 14.8. The maximum absolute atomic E-state index is 12.5. The highest BCUT2D eigenvalue weighted by atomic mass is 35.5. The minimum atomic E-state index is -3.43. The molecule has 2 aromatic rings. The van der Waals surface area contributed by atoms with E-state index in [0.29, 0.717) is 28.9 Å². The Bertz CT molecular complexity index is 943. The lowest BCUT2D eigenvalue weighted by atomic mass is 10.2. The van der Waals surface area contributed by atoms with Crippen LogP contribution >= 0.6 is 23.2 Å². The van der Waals surface area contributed by atoms with Crippen molar-refractivity contribution in [2.75, 3.05) is 19.7 Å². The number of nitrogens with one attached hydrogen (secondary N) is 1. The van der Waals surface area contributed by atoms with Crippen LogP contribution in [0.15, 0.2) is 47.4 Å². The quantitative estimate of drug-likeness (QED) is 0.711. The van der Waals surface area contributed by atoms with E-state index in [-0.39, 0.29) is 24.0 Å². The molecule has 0 saturated carbocycles. The summed E-state index contributed by atoms with van der Waals surface area (Å²) in [5, 5.41) is 3.53. The van der Waals surface area contributed by atoms with E-state index < -0.39 is 10.0 Å². The Morgan fingerprint density at radius 3 is 2.39 bits per heavy atom. The van der Waals surface area contributed by atoms with E-state index >= 15 is 0 Å². The highest BCUT2D eigenvalue weighted by Crippen LogP contribution is 2.27. The van der Waals surface area contributed by atoms with E-state index in [4.69, 9.17) is 27.9 Å². The molecule has 1 fully saturated rings. The van der Waals surface area contributed by atoms with Gasteiger partial charge in [0.05, 0.1) is 9.92 Å². The third kappa shape index (κ3) is 5.17. The van der Waals surface area contributed by atoms with E-state index in [2.05, 4.69) is 5.32 Å². The summed E-state index contributed by atoms with van der Waals surface area (Å²) in [5.41, 5.74) is 0.790. The van der Waals surface area contributed by atoms with Crippen molar-refractivity contribution in [3.8, 4) is 5.75 Å². The van der Waals surface area contributed by atoms with Gasteiger partial charge in [-0.1, -0.05) is 35.3 Å². The molecule has 0 bridgehead atoms. The van der Waals surface area contributed by atoms with Gasteiger partial charge >= 0.3 is 0 Å². The summed E-state index contributed by atoms with van der Waals surface area (Å²) in [6.07, 6.45) is 1.79. The van der Waals surface area contributed by atoms with Crippen LogP contribution in [-0.2, 0) is 21.4 Å². The highest BCUT2D eigenvalue weighted by molar-refractivity contribution is 7.89. The molecule has 0 unspecified atom stereocenters. The molecule has 1 heterocycles. The summed E-state index contributed by atoms with van der Waals surface area (Å²) in [4.78, 5) is 12.2. The topological polar surface area (TPSA) is 75.7 Å². The largest absolute Gasteiger partial charge is 0.482 e. The predicted molar refractivity (Wildman–Crippen MR) is 108 cm³/mol. The minimum Gasteiger partial charge on any atom is -0.482 e. The second-order valence-electron chi connectivity index (χ2n) is 6.40. The molecule has 0 atom stereocenters. The van der Waals surface area contributed by atoms with E-state index in [0.717, 1.165) is 18.4 Å². The first-order valence-electron chi connectivity index (χ1n) is 8.80. The van der Waals surface area contributed by atoms with Crippen LogP contribution < -0.4 is 10.1 Å². The summed E-state index contributed by atoms with van der Waals surface area (Å²) in [6, 6.07) is 11.3. The number of nitrogens with zero attached hydrogens (tertiary/aromatic N) is 1. The molecule has 9 heteroatoms. The summed E-state index contributed by atoms with van der Waals surface area (Å²) in [6.45, 7) is 1.21. The van der Waals surface area contributed by atoms with Crippen LogP contribution in [0.2, 0.25) is 10.0 Å². The average molecular weight is 443 g/mol. The van der Waals surface area contributed by atoms with Crippen molar-refractivity contribution in [2.24, 2.45) is 0 Å². The lowest BCUT2D eigenvalue weighted by Crippen LogP contribution is -2.29. The fraction of sp³-hybridized carbons (Fsp3) is 0.316. The maximum atomic E-state index is 12.5. The number of carbonyl (C=O) groups is 1. The molecule has 1 aliphatic rings. The molecule has 1 amide bonds. The average Bonchev–Trinajstić information content (AvgIpc) is 3.22. The third-order valence-corrected chi connectivity index (χ3v) is 6.81. The standard InChI is InChI=1S/C19H20Cl2N2O4S/c20-15-5-8-18(17(21)11-15)27-13-19(24)22-12-14-3-6-16(7-4-14)28(25,26)23-9-1-2-10-23/h3-8,11H,1-2,9-10,12-13H2,(H,22,24). The van der Waals surface area contributed by atoms with Crippen LogP contribution in [0.5, 0.6) is 5.75 Å².